The number of hydrogen-bond donors (Lipinski definition) is 2. The van der Waals surface area contributed by atoms with Crippen molar-refractivity contribution in [1.82, 2.24) is 10.2 Å². The van der Waals surface area contributed by atoms with Crippen molar-refractivity contribution in [3.8, 4) is 0 Å². The van der Waals surface area contributed by atoms with E-state index in [4.69, 9.17) is 10.5 Å². The Kier molecular flexibility index (Phi) is 4.25. The molecule has 0 bridgehead atoms. The third-order valence-corrected chi connectivity index (χ3v) is 4.23. The lowest BCUT2D eigenvalue weighted by molar-refractivity contribution is -0.126. The van der Waals surface area contributed by atoms with Gasteiger partial charge in [0, 0.05) is 19.2 Å². The first-order valence-corrected chi connectivity index (χ1v) is 6.93. The Labute approximate surface area is 109 Å². The Bertz CT molecular complexity index is 301. The summed E-state index contributed by atoms with van der Waals surface area (Å²) >= 11 is 0. The number of hydrogen-bond acceptors (Lipinski definition) is 4. The smallest absolute Gasteiger partial charge is 0.239 e. The fraction of sp³-hybridized carbons (Fsp3) is 0.923. The second kappa shape index (κ2) is 5.55. The Morgan fingerprint density at radius 3 is 2.67 bits per heavy atom. The second-order valence-corrected chi connectivity index (χ2v) is 5.57. The molecular weight excluding hydrogens is 230 g/mol. The van der Waals surface area contributed by atoms with Crippen molar-refractivity contribution in [2.75, 3.05) is 33.4 Å². The quantitative estimate of drug-likeness (QED) is 0.669. The highest BCUT2D eigenvalue weighted by Gasteiger charge is 2.50. The zero-order chi connectivity index (χ0) is 13.2. The summed E-state index contributed by atoms with van der Waals surface area (Å²) in [6.07, 6.45) is 3.25. The summed E-state index contributed by atoms with van der Waals surface area (Å²) in [6, 6.07) is 0.418. The summed E-state index contributed by atoms with van der Waals surface area (Å²) < 4.78 is 5.41. The minimum atomic E-state index is -0.550. The molecule has 2 unspecified atom stereocenters. The third kappa shape index (κ3) is 2.68. The highest BCUT2D eigenvalue weighted by Crippen LogP contribution is 2.40. The molecule has 2 fully saturated rings. The van der Waals surface area contributed by atoms with E-state index in [1.807, 2.05) is 6.92 Å². The van der Waals surface area contributed by atoms with E-state index in [1.165, 1.54) is 0 Å². The van der Waals surface area contributed by atoms with Gasteiger partial charge in [0.05, 0.1) is 6.61 Å². The normalized spacial score (nSPS) is 27.4. The number of nitrogens with two attached hydrogens (primary N) is 1. The number of nitrogens with one attached hydrogen (secondary N) is 1. The number of likely N-dealkylation sites (N-methyl/N-ethyl adjacent to an activating group) is 2. The second-order valence-electron chi connectivity index (χ2n) is 5.57. The molecule has 104 valence electrons. The molecule has 0 aromatic carbocycles. The van der Waals surface area contributed by atoms with Crippen LogP contribution in [0.4, 0.5) is 0 Å². The van der Waals surface area contributed by atoms with E-state index in [-0.39, 0.29) is 5.91 Å². The molecule has 5 nitrogen and oxygen atoms in total. The topological polar surface area (TPSA) is 67.6 Å². The summed E-state index contributed by atoms with van der Waals surface area (Å²) in [4.78, 5) is 14.2. The van der Waals surface area contributed by atoms with Gasteiger partial charge in [-0.2, -0.15) is 0 Å². The van der Waals surface area contributed by atoms with E-state index < -0.39 is 5.54 Å². The van der Waals surface area contributed by atoms with Gasteiger partial charge in [-0.25, -0.2) is 0 Å². The maximum atomic E-state index is 11.9. The standard InChI is InChI=1S/C13H25N3O2/c1-3-15-13(12(14)17,10-4-5-10)9-16(2)11-6-7-18-8-11/h10-11,15H,3-9H2,1-2H3,(H2,14,17). The van der Waals surface area contributed by atoms with Crippen LogP contribution in [0.2, 0.25) is 0 Å². The van der Waals surface area contributed by atoms with Crippen molar-refractivity contribution < 1.29 is 9.53 Å². The highest BCUT2D eigenvalue weighted by molar-refractivity contribution is 5.86. The molecule has 5 heteroatoms. The molecule has 0 spiro atoms. The molecule has 0 aromatic heterocycles. The van der Waals surface area contributed by atoms with Gasteiger partial charge in [0.25, 0.3) is 0 Å². The lowest BCUT2D eigenvalue weighted by Crippen LogP contribution is -2.63. The molecule has 0 aromatic rings. The van der Waals surface area contributed by atoms with Crippen molar-refractivity contribution >= 4 is 5.91 Å². The Hall–Kier alpha value is -0.650. The van der Waals surface area contributed by atoms with Crippen molar-refractivity contribution in [3.63, 3.8) is 0 Å². The molecule has 0 radical (unpaired) electrons. The largest absolute Gasteiger partial charge is 0.380 e. The lowest BCUT2D eigenvalue weighted by Gasteiger charge is -2.37. The molecule has 3 N–H and O–H groups in total. The highest BCUT2D eigenvalue weighted by atomic mass is 16.5. The van der Waals surface area contributed by atoms with Crippen LogP contribution < -0.4 is 11.1 Å². The number of carbonyl (C=O) groups excluding carboxylic acids is 1. The van der Waals surface area contributed by atoms with Crippen LogP contribution in [0.25, 0.3) is 0 Å². The Morgan fingerprint density at radius 2 is 2.22 bits per heavy atom. The number of carbonyl (C=O) groups is 1. The van der Waals surface area contributed by atoms with E-state index in [9.17, 15) is 4.79 Å². The molecule has 1 heterocycles. The van der Waals surface area contributed by atoms with E-state index in [0.29, 0.717) is 18.5 Å². The van der Waals surface area contributed by atoms with Gasteiger partial charge in [-0.1, -0.05) is 6.92 Å². The lowest BCUT2D eigenvalue weighted by atomic mass is 9.90. The molecule has 18 heavy (non-hydrogen) atoms. The summed E-state index contributed by atoms with van der Waals surface area (Å²) in [6.45, 7) is 5.08. The van der Waals surface area contributed by atoms with E-state index in [2.05, 4.69) is 17.3 Å². The van der Waals surface area contributed by atoms with E-state index in [0.717, 1.165) is 39.0 Å². The van der Waals surface area contributed by atoms with Gasteiger partial charge < -0.3 is 15.8 Å². The molecular formula is C13H25N3O2. The summed E-state index contributed by atoms with van der Waals surface area (Å²) in [5.41, 5.74) is 5.14. The number of primary amides is 1. The molecule has 1 amide bonds. The van der Waals surface area contributed by atoms with Crippen LogP contribution in [0.5, 0.6) is 0 Å². The van der Waals surface area contributed by atoms with Gasteiger partial charge in [-0.15, -0.1) is 0 Å². The molecule has 1 saturated carbocycles. The summed E-state index contributed by atoms with van der Waals surface area (Å²) in [5.74, 6) is 0.192. The SMILES string of the molecule is CCNC(CN(C)C1CCOC1)(C(N)=O)C1CC1. The number of nitrogens with zero attached hydrogens (tertiary/aromatic N) is 1. The van der Waals surface area contributed by atoms with Crippen LogP contribution in [-0.4, -0.2) is 55.7 Å². The van der Waals surface area contributed by atoms with Crippen LogP contribution in [-0.2, 0) is 9.53 Å². The van der Waals surface area contributed by atoms with Crippen LogP contribution in [0.15, 0.2) is 0 Å². The van der Waals surface area contributed by atoms with Gasteiger partial charge >= 0.3 is 0 Å². The van der Waals surface area contributed by atoms with Crippen LogP contribution in [0, 0.1) is 5.92 Å². The van der Waals surface area contributed by atoms with Crippen LogP contribution in [0.3, 0.4) is 0 Å². The first kappa shape index (κ1) is 13.8. The van der Waals surface area contributed by atoms with Gasteiger partial charge in [0.15, 0.2) is 0 Å². The predicted octanol–water partition coefficient (Wildman–Crippen LogP) is -0.0493. The van der Waals surface area contributed by atoms with E-state index in [1.54, 1.807) is 0 Å². The van der Waals surface area contributed by atoms with Crippen molar-refractivity contribution in [3.05, 3.63) is 0 Å². The molecule has 2 rings (SSSR count). The summed E-state index contributed by atoms with van der Waals surface area (Å²) in [5, 5.41) is 3.35. The predicted molar refractivity (Wildman–Crippen MR) is 70.2 cm³/mol. The maximum absolute atomic E-state index is 11.9. The zero-order valence-electron chi connectivity index (χ0n) is 11.4. The molecule has 2 atom stereocenters. The zero-order valence-corrected chi connectivity index (χ0v) is 11.4. The number of amides is 1. The Balaban J connectivity index is 2.05. The number of ether oxygens (including phenoxy) is 1. The maximum Gasteiger partial charge on any atom is 0.239 e. The van der Waals surface area contributed by atoms with Gasteiger partial charge in [0.2, 0.25) is 5.91 Å². The van der Waals surface area contributed by atoms with Crippen molar-refractivity contribution in [1.29, 1.82) is 0 Å². The first-order chi connectivity index (χ1) is 8.60. The Morgan fingerprint density at radius 1 is 1.50 bits per heavy atom. The van der Waals surface area contributed by atoms with Crippen LogP contribution in [0.1, 0.15) is 26.2 Å². The monoisotopic (exact) mass is 255 g/mol. The third-order valence-electron chi connectivity index (χ3n) is 4.23. The molecule has 2 aliphatic rings. The fourth-order valence-corrected chi connectivity index (χ4v) is 2.98. The van der Waals surface area contributed by atoms with Crippen LogP contribution >= 0.6 is 0 Å². The molecule has 1 aliphatic carbocycles. The van der Waals surface area contributed by atoms with Crippen molar-refractivity contribution in [2.24, 2.45) is 11.7 Å². The minimum Gasteiger partial charge on any atom is -0.380 e. The average molecular weight is 255 g/mol. The molecule has 1 aliphatic heterocycles. The minimum absolute atomic E-state index is 0.211. The summed E-state index contributed by atoms with van der Waals surface area (Å²) in [7, 11) is 2.07. The van der Waals surface area contributed by atoms with Crippen molar-refractivity contribution in [2.45, 2.75) is 37.8 Å². The van der Waals surface area contributed by atoms with E-state index >= 15 is 0 Å². The fourth-order valence-electron chi connectivity index (χ4n) is 2.98. The number of rotatable bonds is 7. The molecule has 1 saturated heterocycles. The van der Waals surface area contributed by atoms with Gasteiger partial charge in [-0.05, 0) is 38.8 Å². The average Bonchev–Trinajstić information content (AvgIpc) is 3.03. The first-order valence-electron chi connectivity index (χ1n) is 6.93. The van der Waals surface area contributed by atoms with Gasteiger partial charge in [0.1, 0.15) is 5.54 Å². The van der Waals surface area contributed by atoms with Gasteiger partial charge in [-0.3, -0.25) is 9.69 Å².